The van der Waals surface area contributed by atoms with Gasteiger partial charge in [0.1, 0.15) is 0 Å². The minimum Gasteiger partial charge on any atom is -0.493 e. The summed E-state index contributed by atoms with van der Waals surface area (Å²) in [4.78, 5) is 40.4. The molecule has 2 atom stereocenters. The molecule has 1 saturated heterocycles. The summed E-state index contributed by atoms with van der Waals surface area (Å²) in [5.74, 6) is 1.78. The van der Waals surface area contributed by atoms with Crippen molar-refractivity contribution in [2.45, 2.75) is 83.7 Å². The lowest BCUT2D eigenvalue weighted by Crippen LogP contribution is -2.47. The highest BCUT2D eigenvalue weighted by molar-refractivity contribution is 5.81. The summed E-state index contributed by atoms with van der Waals surface area (Å²) in [5.41, 5.74) is 2.01. The second-order valence-electron chi connectivity index (χ2n) is 10.1. The van der Waals surface area contributed by atoms with Crippen LogP contribution in [0.1, 0.15) is 69.9 Å². The number of rotatable bonds is 5. The molecule has 1 fully saturated rings. The van der Waals surface area contributed by atoms with E-state index in [1.54, 1.807) is 14.2 Å². The summed E-state index contributed by atoms with van der Waals surface area (Å²) in [6, 6.07) is 3.79. The molecule has 0 aliphatic carbocycles. The van der Waals surface area contributed by atoms with Gasteiger partial charge >= 0.3 is 0 Å². The Bertz CT molecular complexity index is 901. The van der Waals surface area contributed by atoms with Gasteiger partial charge in [-0.25, -0.2) is 0 Å². The van der Waals surface area contributed by atoms with Crippen LogP contribution in [0.3, 0.4) is 0 Å². The summed E-state index contributed by atoms with van der Waals surface area (Å²) in [6.07, 6.45) is 5.56. The molecule has 2 aliphatic heterocycles. The molecule has 2 aliphatic rings. The van der Waals surface area contributed by atoms with Gasteiger partial charge in [-0.1, -0.05) is 19.9 Å². The molecule has 4 bridgehead atoms. The van der Waals surface area contributed by atoms with E-state index in [0.29, 0.717) is 62.6 Å². The van der Waals surface area contributed by atoms with E-state index < -0.39 is 0 Å². The maximum Gasteiger partial charge on any atom is 0.223 e. The average molecular weight is 488 g/mol. The van der Waals surface area contributed by atoms with Crippen molar-refractivity contribution in [2.75, 3.05) is 27.3 Å². The van der Waals surface area contributed by atoms with E-state index >= 15 is 0 Å². The Labute approximate surface area is 209 Å². The van der Waals surface area contributed by atoms with Crippen molar-refractivity contribution < 1.29 is 23.9 Å². The van der Waals surface area contributed by atoms with Gasteiger partial charge in [0.2, 0.25) is 17.7 Å². The summed E-state index contributed by atoms with van der Waals surface area (Å²) < 4.78 is 11.1. The molecule has 1 aromatic rings. The van der Waals surface area contributed by atoms with Gasteiger partial charge in [-0.05, 0) is 61.6 Å². The van der Waals surface area contributed by atoms with Gasteiger partial charge in [0.15, 0.2) is 11.5 Å². The average Bonchev–Trinajstić information content (AvgIpc) is 3.23. The van der Waals surface area contributed by atoms with Crippen molar-refractivity contribution in [2.24, 2.45) is 5.92 Å². The number of hydrogen-bond acceptors (Lipinski definition) is 5. The molecule has 0 unspecified atom stereocenters. The Morgan fingerprint density at radius 2 is 1.80 bits per heavy atom. The third-order valence-electron chi connectivity index (χ3n) is 7.00. The van der Waals surface area contributed by atoms with Crippen LogP contribution in [0, 0.1) is 5.92 Å². The molecule has 0 aromatic heterocycles. The summed E-state index contributed by atoms with van der Waals surface area (Å²) in [6.45, 7) is 5.17. The first kappa shape index (κ1) is 26.8. The number of fused-ring (bicyclic) bond motifs is 4. The number of hydrogen-bond donors (Lipinski definition) is 2. The number of aryl methyl sites for hydroxylation is 2. The largest absolute Gasteiger partial charge is 0.493 e. The number of benzene rings is 1. The normalized spacial score (nSPS) is 21.8. The SMILES string of the molecule is COc1cc2cc(c1OC)CCCNC(=O)C[C@@H]1CC[C@H](CNC(=O)CC2)N1C(=O)CCC(C)C. The predicted octanol–water partition coefficient (Wildman–Crippen LogP) is 3.00. The highest BCUT2D eigenvalue weighted by Crippen LogP contribution is 2.34. The fourth-order valence-corrected chi connectivity index (χ4v) is 5.12. The molecule has 2 heterocycles. The molecule has 0 saturated carbocycles. The lowest BCUT2D eigenvalue weighted by molar-refractivity contribution is -0.136. The fourth-order valence-electron chi connectivity index (χ4n) is 5.12. The first-order valence-corrected chi connectivity index (χ1v) is 12.9. The van der Waals surface area contributed by atoms with Crippen LogP contribution in [0.2, 0.25) is 0 Å². The number of nitrogens with zero attached hydrogens (tertiary/aromatic N) is 1. The van der Waals surface area contributed by atoms with Crippen LogP contribution < -0.4 is 20.1 Å². The van der Waals surface area contributed by atoms with Gasteiger partial charge in [0.05, 0.1) is 14.2 Å². The maximum atomic E-state index is 13.1. The number of nitrogens with one attached hydrogen (secondary N) is 2. The molecule has 35 heavy (non-hydrogen) atoms. The quantitative estimate of drug-likeness (QED) is 0.666. The van der Waals surface area contributed by atoms with Crippen molar-refractivity contribution in [3.05, 3.63) is 23.3 Å². The zero-order valence-corrected chi connectivity index (χ0v) is 21.7. The summed E-state index contributed by atoms with van der Waals surface area (Å²) in [7, 11) is 3.23. The highest BCUT2D eigenvalue weighted by atomic mass is 16.5. The van der Waals surface area contributed by atoms with Gasteiger partial charge in [0.25, 0.3) is 0 Å². The van der Waals surface area contributed by atoms with Crippen LogP contribution >= 0.6 is 0 Å². The molecule has 3 amide bonds. The Morgan fingerprint density at radius 3 is 2.51 bits per heavy atom. The van der Waals surface area contributed by atoms with Crippen molar-refractivity contribution in [3.63, 3.8) is 0 Å². The summed E-state index contributed by atoms with van der Waals surface area (Å²) in [5, 5.41) is 6.07. The van der Waals surface area contributed by atoms with E-state index in [1.807, 2.05) is 11.0 Å². The second-order valence-corrected chi connectivity index (χ2v) is 10.1. The molecule has 8 nitrogen and oxygen atoms in total. The van der Waals surface area contributed by atoms with Crippen molar-refractivity contribution in [1.82, 2.24) is 15.5 Å². The predicted molar refractivity (Wildman–Crippen MR) is 135 cm³/mol. The minimum atomic E-state index is -0.119. The zero-order valence-electron chi connectivity index (χ0n) is 21.7. The first-order valence-electron chi connectivity index (χ1n) is 12.9. The van der Waals surface area contributed by atoms with Crippen LogP contribution in [0.25, 0.3) is 0 Å². The maximum absolute atomic E-state index is 13.1. The van der Waals surface area contributed by atoms with E-state index in [-0.39, 0.29) is 29.8 Å². The second kappa shape index (κ2) is 12.8. The van der Waals surface area contributed by atoms with E-state index in [2.05, 4.69) is 30.5 Å². The van der Waals surface area contributed by atoms with Crippen LogP contribution in [0.4, 0.5) is 0 Å². The van der Waals surface area contributed by atoms with Crippen molar-refractivity contribution >= 4 is 17.7 Å². The molecule has 0 spiro atoms. The monoisotopic (exact) mass is 487 g/mol. The zero-order chi connectivity index (χ0) is 25.4. The molecule has 1 aromatic carbocycles. The molecule has 194 valence electrons. The van der Waals surface area contributed by atoms with Gasteiger partial charge in [0, 0.05) is 44.4 Å². The Morgan fingerprint density at radius 1 is 1.03 bits per heavy atom. The number of carbonyl (C=O) groups is 3. The molecule has 2 N–H and O–H groups in total. The smallest absolute Gasteiger partial charge is 0.223 e. The standard InChI is InChI=1S/C27H41N3O5/c1-18(2)7-12-26(33)30-21-9-10-22(30)17-29-24(31)11-8-19-14-20(6-5-13-28-25(32)16-21)27(35-4)23(15-19)34-3/h14-15,18,21-22H,5-13,16-17H2,1-4H3,(H,28,32)(H,29,31)/t21-,22+/m0/s1. The third kappa shape index (κ3) is 7.36. The number of amides is 3. The summed E-state index contributed by atoms with van der Waals surface area (Å²) >= 11 is 0. The molecular formula is C27H41N3O5. The minimum absolute atomic E-state index is 0.0380. The van der Waals surface area contributed by atoms with Gasteiger partial charge < -0.3 is 25.0 Å². The third-order valence-corrected chi connectivity index (χ3v) is 7.00. The van der Waals surface area contributed by atoms with Gasteiger partial charge in [-0.3, -0.25) is 14.4 Å². The van der Waals surface area contributed by atoms with Crippen LogP contribution in [-0.4, -0.2) is 62.0 Å². The topological polar surface area (TPSA) is 97.0 Å². The van der Waals surface area contributed by atoms with Gasteiger partial charge in [-0.15, -0.1) is 0 Å². The molecule has 3 rings (SSSR count). The number of methoxy groups -OCH3 is 2. The van der Waals surface area contributed by atoms with Crippen LogP contribution in [-0.2, 0) is 27.2 Å². The number of ether oxygens (including phenoxy) is 2. The lowest BCUT2D eigenvalue weighted by Gasteiger charge is -2.31. The van der Waals surface area contributed by atoms with E-state index in [4.69, 9.17) is 9.47 Å². The van der Waals surface area contributed by atoms with E-state index in [1.165, 1.54) is 0 Å². The van der Waals surface area contributed by atoms with Crippen molar-refractivity contribution in [1.29, 1.82) is 0 Å². The highest BCUT2D eigenvalue weighted by Gasteiger charge is 2.37. The van der Waals surface area contributed by atoms with E-state index in [9.17, 15) is 14.4 Å². The molecule has 8 heteroatoms. The first-order chi connectivity index (χ1) is 16.8. The Kier molecular flexibility index (Phi) is 9.81. The van der Waals surface area contributed by atoms with E-state index in [0.717, 1.165) is 36.8 Å². The molecule has 0 radical (unpaired) electrons. The fraction of sp³-hybridized carbons (Fsp3) is 0.667. The Hall–Kier alpha value is -2.77. The Balaban J connectivity index is 1.78. The van der Waals surface area contributed by atoms with Crippen LogP contribution in [0.15, 0.2) is 12.1 Å². The lowest BCUT2D eigenvalue weighted by atomic mass is 10.0. The van der Waals surface area contributed by atoms with Crippen molar-refractivity contribution in [3.8, 4) is 11.5 Å². The molecular weight excluding hydrogens is 446 g/mol. The number of carbonyl (C=O) groups excluding carboxylic acids is 3. The van der Waals surface area contributed by atoms with Gasteiger partial charge in [-0.2, -0.15) is 0 Å². The van der Waals surface area contributed by atoms with Crippen LogP contribution in [0.5, 0.6) is 11.5 Å².